The molecule has 1 N–H and O–H groups in total. The molecule has 3 rings (SSSR count). The van der Waals surface area contributed by atoms with Gasteiger partial charge in [-0.2, -0.15) is 5.10 Å². The van der Waals surface area contributed by atoms with E-state index in [2.05, 4.69) is 38.4 Å². The van der Waals surface area contributed by atoms with Crippen LogP contribution in [0.5, 0.6) is 0 Å². The fraction of sp³-hybridized carbons (Fsp3) is 0.438. The van der Waals surface area contributed by atoms with E-state index in [0.29, 0.717) is 12.1 Å². The number of nitrogens with one attached hydrogen (secondary N) is 1. The Balaban J connectivity index is 1.61. The largest absolute Gasteiger partial charge is 0.354 e. The maximum atomic E-state index is 4.21. The van der Waals surface area contributed by atoms with Crippen molar-refractivity contribution in [1.82, 2.24) is 20.5 Å². The van der Waals surface area contributed by atoms with Crippen molar-refractivity contribution in [2.75, 3.05) is 18.0 Å². The smallest absolute Gasteiger partial charge is 0.151 e. The second-order valence-electron chi connectivity index (χ2n) is 5.54. The van der Waals surface area contributed by atoms with Crippen LogP contribution in [0.3, 0.4) is 0 Å². The van der Waals surface area contributed by atoms with Crippen LogP contribution in [0.15, 0.2) is 42.9 Å². The molecular weight excluding hydrogens is 262 g/mol. The quantitative estimate of drug-likeness (QED) is 0.932. The lowest BCUT2D eigenvalue weighted by atomic mass is 10.0. The molecule has 2 aromatic heterocycles. The molecule has 1 aliphatic heterocycles. The summed E-state index contributed by atoms with van der Waals surface area (Å²) in [7, 11) is 0. The third-order valence-electron chi connectivity index (χ3n) is 3.97. The minimum absolute atomic E-state index is 0.311. The lowest BCUT2D eigenvalue weighted by molar-refractivity contribution is 0.386. The highest BCUT2D eigenvalue weighted by Gasteiger charge is 2.22. The van der Waals surface area contributed by atoms with Crippen molar-refractivity contribution < 1.29 is 0 Å². The maximum Gasteiger partial charge on any atom is 0.151 e. The number of hydrogen-bond donors (Lipinski definition) is 1. The highest BCUT2D eigenvalue weighted by Crippen LogP contribution is 2.19. The van der Waals surface area contributed by atoms with Crippen LogP contribution >= 0.6 is 0 Å². The Bertz CT molecular complexity index is 543. The first-order valence-corrected chi connectivity index (χ1v) is 7.51. The lowest BCUT2D eigenvalue weighted by Crippen LogP contribution is -2.46. The van der Waals surface area contributed by atoms with Crippen molar-refractivity contribution in [3.05, 3.63) is 48.4 Å². The first kappa shape index (κ1) is 13.9. The molecule has 21 heavy (non-hydrogen) atoms. The summed E-state index contributed by atoms with van der Waals surface area (Å²) >= 11 is 0. The Morgan fingerprint density at radius 1 is 1.29 bits per heavy atom. The number of piperidine rings is 1. The molecule has 1 aliphatic rings. The summed E-state index contributed by atoms with van der Waals surface area (Å²) in [6.07, 6.45) is 7.83. The molecule has 2 atom stereocenters. The molecule has 3 heterocycles. The summed E-state index contributed by atoms with van der Waals surface area (Å²) in [6.45, 7) is 4.22. The predicted octanol–water partition coefficient (Wildman–Crippen LogP) is 2.19. The van der Waals surface area contributed by atoms with E-state index >= 15 is 0 Å². The van der Waals surface area contributed by atoms with E-state index < -0.39 is 0 Å². The van der Waals surface area contributed by atoms with Gasteiger partial charge in [0.25, 0.3) is 0 Å². The van der Waals surface area contributed by atoms with Crippen molar-refractivity contribution in [1.29, 1.82) is 0 Å². The minimum Gasteiger partial charge on any atom is -0.354 e. The van der Waals surface area contributed by atoms with Crippen molar-refractivity contribution in [2.45, 2.75) is 31.8 Å². The third-order valence-corrected chi connectivity index (χ3v) is 3.97. The topological polar surface area (TPSA) is 53.9 Å². The molecule has 5 heteroatoms. The normalized spacial score (nSPS) is 20.2. The van der Waals surface area contributed by atoms with Crippen LogP contribution in [-0.4, -0.2) is 34.3 Å². The van der Waals surface area contributed by atoms with Gasteiger partial charge in [-0.15, -0.1) is 5.10 Å². The summed E-state index contributed by atoms with van der Waals surface area (Å²) in [5.74, 6) is 0.970. The molecule has 0 saturated carbocycles. The molecule has 5 nitrogen and oxygen atoms in total. The van der Waals surface area contributed by atoms with Crippen molar-refractivity contribution in [3.8, 4) is 0 Å². The standard InChI is InChI=1S/C16H21N5/c1-13(14-5-2-8-17-11-14)19-15-6-4-10-21(12-15)16-7-3-9-18-20-16/h2-3,5,7-9,11,13,15,19H,4,6,10,12H2,1H3/t13-,15-/m1/s1. The summed E-state index contributed by atoms with van der Waals surface area (Å²) in [4.78, 5) is 6.50. The van der Waals surface area contributed by atoms with Gasteiger partial charge in [-0.1, -0.05) is 6.07 Å². The molecule has 2 aromatic rings. The van der Waals surface area contributed by atoms with E-state index in [1.807, 2.05) is 30.6 Å². The van der Waals surface area contributed by atoms with Gasteiger partial charge in [0.1, 0.15) is 0 Å². The van der Waals surface area contributed by atoms with Crippen LogP contribution < -0.4 is 10.2 Å². The van der Waals surface area contributed by atoms with Gasteiger partial charge in [-0.05, 0) is 43.5 Å². The molecule has 0 aliphatic carbocycles. The average molecular weight is 283 g/mol. The summed E-state index contributed by atoms with van der Waals surface area (Å²) < 4.78 is 0. The number of pyridine rings is 1. The van der Waals surface area contributed by atoms with Gasteiger partial charge >= 0.3 is 0 Å². The number of hydrogen-bond acceptors (Lipinski definition) is 5. The summed E-state index contributed by atoms with van der Waals surface area (Å²) in [5.41, 5.74) is 1.23. The van der Waals surface area contributed by atoms with E-state index in [1.165, 1.54) is 18.4 Å². The summed E-state index contributed by atoms with van der Waals surface area (Å²) in [5, 5.41) is 11.9. The van der Waals surface area contributed by atoms with Crippen molar-refractivity contribution in [2.24, 2.45) is 0 Å². The van der Waals surface area contributed by atoms with E-state index in [1.54, 1.807) is 6.20 Å². The van der Waals surface area contributed by atoms with E-state index in [0.717, 1.165) is 18.9 Å². The minimum atomic E-state index is 0.311. The fourth-order valence-corrected chi connectivity index (χ4v) is 2.87. The van der Waals surface area contributed by atoms with Gasteiger partial charge < -0.3 is 10.2 Å². The van der Waals surface area contributed by atoms with Crippen LogP contribution in [0.1, 0.15) is 31.4 Å². The zero-order valence-electron chi connectivity index (χ0n) is 12.3. The predicted molar refractivity (Wildman–Crippen MR) is 83.1 cm³/mol. The van der Waals surface area contributed by atoms with Gasteiger partial charge in [0.05, 0.1) is 0 Å². The Kier molecular flexibility index (Phi) is 4.40. The van der Waals surface area contributed by atoms with Gasteiger partial charge in [0.15, 0.2) is 5.82 Å². The molecule has 110 valence electrons. The van der Waals surface area contributed by atoms with Crippen LogP contribution in [-0.2, 0) is 0 Å². The zero-order valence-corrected chi connectivity index (χ0v) is 12.3. The summed E-state index contributed by atoms with van der Waals surface area (Å²) in [6, 6.07) is 8.85. The molecule has 0 amide bonds. The van der Waals surface area contributed by atoms with Crippen molar-refractivity contribution in [3.63, 3.8) is 0 Å². The molecular formula is C16H21N5. The lowest BCUT2D eigenvalue weighted by Gasteiger charge is -2.35. The maximum absolute atomic E-state index is 4.21. The van der Waals surface area contributed by atoms with Crippen LogP contribution in [0.25, 0.3) is 0 Å². The van der Waals surface area contributed by atoms with Gasteiger partial charge in [-0.25, -0.2) is 0 Å². The third kappa shape index (κ3) is 3.55. The highest BCUT2D eigenvalue weighted by atomic mass is 15.3. The second-order valence-corrected chi connectivity index (χ2v) is 5.54. The monoisotopic (exact) mass is 283 g/mol. The van der Waals surface area contributed by atoms with Gasteiger partial charge in [0.2, 0.25) is 0 Å². The SMILES string of the molecule is C[C@@H](N[C@@H]1CCCN(c2cccnn2)C1)c1cccnc1. The number of anilines is 1. The number of aromatic nitrogens is 3. The van der Waals surface area contributed by atoms with Gasteiger partial charge in [0, 0.05) is 43.8 Å². The van der Waals surface area contributed by atoms with E-state index in [9.17, 15) is 0 Å². The molecule has 0 unspecified atom stereocenters. The molecule has 0 aromatic carbocycles. The second kappa shape index (κ2) is 6.63. The Morgan fingerprint density at radius 2 is 2.19 bits per heavy atom. The Morgan fingerprint density at radius 3 is 2.95 bits per heavy atom. The highest BCUT2D eigenvalue weighted by molar-refractivity contribution is 5.37. The van der Waals surface area contributed by atoms with Crippen LogP contribution in [0, 0.1) is 0 Å². The first-order chi connectivity index (χ1) is 10.3. The number of rotatable bonds is 4. The van der Waals surface area contributed by atoms with E-state index in [-0.39, 0.29) is 0 Å². The van der Waals surface area contributed by atoms with Crippen molar-refractivity contribution >= 4 is 5.82 Å². The van der Waals surface area contributed by atoms with E-state index in [4.69, 9.17) is 0 Å². The Hall–Kier alpha value is -2.01. The molecule has 1 saturated heterocycles. The van der Waals surface area contributed by atoms with Crippen LogP contribution in [0.4, 0.5) is 5.82 Å². The molecule has 1 fully saturated rings. The fourth-order valence-electron chi connectivity index (χ4n) is 2.87. The van der Waals surface area contributed by atoms with Crippen LogP contribution in [0.2, 0.25) is 0 Å². The number of nitrogens with zero attached hydrogens (tertiary/aromatic N) is 4. The first-order valence-electron chi connectivity index (χ1n) is 7.51. The molecule has 0 spiro atoms. The average Bonchev–Trinajstić information content (AvgIpc) is 2.57. The molecule has 0 bridgehead atoms. The molecule has 0 radical (unpaired) electrons. The Labute approximate surface area is 125 Å². The zero-order chi connectivity index (χ0) is 14.5. The van der Waals surface area contributed by atoms with Gasteiger partial charge in [-0.3, -0.25) is 4.98 Å².